The van der Waals surface area contributed by atoms with Crippen LogP contribution >= 0.6 is 0 Å². The van der Waals surface area contributed by atoms with Crippen LogP contribution < -0.4 is 0 Å². The van der Waals surface area contributed by atoms with Crippen molar-refractivity contribution >= 4 is 5.97 Å². The lowest BCUT2D eigenvalue weighted by molar-refractivity contribution is 0.0593. The van der Waals surface area contributed by atoms with Crippen LogP contribution in [0.3, 0.4) is 0 Å². The molecule has 0 fully saturated rings. The lowest BCUT2D eigenvalue weighted by Crippen LogP contribution is -2.03. The van der Waals surface area contributed by atoms with Crippen molar-refractivity contribution in [1.29, 1.82) is 0 Å². The van der Waals surface area contributed by atoms with Gasteiger partial charge in [0.1, 0.15) is 5.76 Å². The first-order chi connectivity index (χ1) is 6.06. The van der Waals surface area contributed by atoms with Crippen molar-refractivity contribution in [3.8, 4) is 0 Å². The van der Waals surface area contributed by atoms with E-state index in [2.05, 4.69) is 9.72 Å². The average molecular weight is 183 g/mol. The van der Waals surface area contributed by atoms with E-state index in [1.807, 2.05) is 13.8 Å². The molecule has 0 aliphatic heterocycles. The monoisotopic (exact) mass is 183 g/mol. The number of oxazole rings is 1. The van der Waals surface area contributed by atoms with Crippen LogP contribution in [0.2, 0.25) is 0 Å². The molecule has 0 aliphatic rings. The number of nitrogens with zero attached hydrogens (tertiary/aromatic N) is 1. The van der Waals surface area contributed by atoms with Crippen LogP contribution in [0.4, 0.5) is 0 Å². The third kappa shape index (κ3) is 1.88. The maximum absolute atomic E-state index is 11.1. The van der Waals surface area contributed by atoms with Gasteiger partial charge in [0.2, 0.25) is 0 Å². The van der Waals surface area contributed by atoms with E-state index in [0.717, 1.165) is 0 Å². The largest absolute Gasteiger partial charge is 0.464 e. The number of ether oxygens (including phenoxy) is 1. The third-order valence-electron chi connectivity index (χ3n) is 1.69. The number of carbonyl (C=O) groups is 1. The summed E-state index contributed by atoms with van der Waals surface area (Å²) in [7, 11) is 1.32. The zero-order valence-electron chi connectivity index (χ0n) is 8.25. The average Bonchev–Trinajstić information content (AvgIpc) is 2.46. The molecule has 0 atom stereocenters. The summed E-state index contributed by atoms with van der Waals surface area (Å²) in [5, 5.41) is 0. The number of rotatable bonds is 2. The molecule has 0 amide bonds. The predicted octanol–water partition coefficient (Wildman–Crippen LogP) is 1.89. The number of carbonyl (C=O) groups excluding carboxylic acids is 1. The first-order valence-corrected chi connectivity index (χ1v) is 4.12. The molecule has 4 nitrogen and oxygen atoms in total. The van der Waals surface area contributed by atoms with Gasteiger partial charge in [-0.05, 0) is 6.92 Å². The molecule has 0 N–H and O–H groups in total. The Hall–Kier alpha value is -1.32. The fraction of sp³-hybridized carbons (Fsp3) is 0.556. The third-order valence-corrected chi connectivity index (χ3v) is 1.69. The van der Waals surface area contributed by atoms with Gasteiger partial charge in [0, 0.05) is 5.92 Å². The van der Waals surface area contributed by atoms with Gasteiger partial charge >= 0.3 is 5.97 Å². The van der Waals surface area contributed by atoms with Crippen molar-refractivity contribution in [2.45, 2.75) is 26.7 Å². The lowest BCUT2D eigenvalue weighted by Gasteiger charge is -1.94. The molecule has 1 aromatic heterocycles. The predicted molar refractivity (Wildman–Crippen MR) is 46.7 cm³/mol. The molecule has 0 radical (unpaired) electrons. The Balaban J connectivity index is 3.03. The molecule has 1 rings (SSSR count). The Morgan fingerprint density at radius 2 is 2.15 bits per heavy atom. The molecule has 1 aromatic rings. The van der Waals surface area contributed by atoms with E-state index >= 15 is 0 Å². The van der Waals surface area contributed by atoms with E-state index < -0.39 is 5.97 Å². The zero-order valence-corrected chi connectivity index (χ0v) is 8.25. The molecule has 0 unspecified atom stereocenters. The second-order valence-corrected chi connectivity index (χ2v) is 3.10. The number of hydrogen-bond acceptors (Lipinski definition) is 4. The van der Waals surface area contributed by atoms with Gasteiger partial charge < -0.3 is 9.15 Å². The van der Waals surface area contributed by atoms with Crippen LogP contribution in [0, 0.1) is 6.92 Å². The van der Waals surface area contributed by atoms with Crippen molar-refractivity contribution < 1.29 is 13.9 Å². The minimum absolute atomic E-state index is 0.178. The van der Waals surface area contributed by atoms with Gasteiger partial charge in [-0.15, -0.1) is 0 Å². The fourth-order valence-electron chi connectivity index (χ4n) is 0.950. The summed E-state index contributed by atoms with van der Waals surface area (Å²) in [5.41, 5.74) is 0.270. The summed E-state index contributed by atoms with van der Waals surface area (Å²) < 4.78 is 9.84. The molecule has 1 heterocycles. The van der Waals surface area contributed by atoms with Crippen molar-refractivity contribution in [2.24, 2.45) is 0 Å². The SMILES string of the molecule is COC(=O)c1nc(C(C)C)oc1C. The number of methoxy groups -OCH3 is 1. The molecule has 4 heteroatoms. The molecule has 72 valence electrons. The first kappa shape index (κ1) is 9.77. The molecule has 0 spiro atoms. The van der Waals surface area contributed by atoms with Crippen LogP contribution in [0.1, 0.15) is 41.9 Å². The van der Waals surface area contributed by atoms with Gasteiger partial charge in [0.15, 0.2) is 11.6 Å². The van der Waals surface area contributed by atoms with E-state index in [1.54, 1.807) is 6.92 Å². The van der Waals surface area contributed by atoms with Crippen LogP contribution in [0.5, 0.6) is 0 Å². The highest BCUT2D eigenvalue weighted by atomic mass is 16.5. The maximum Gasteiger partial charge on any atom is 0.360 e. The minimum Gasteiger partial charge on any atom is -0.464 e. The summed E-state index contributed by atoms with van der Waals surface area (Å²) in [6, 6.07) is 0. The second kappa shape index (κ2) is 3.60. The second-order valence-electron chi connectivity index (χ2n) is 3.10. The molecular weight excluding hydrogens is 170 g/mol. The van der Waals surface area contributed by atoms with Crippen LogP contribution in [0.15, 0.2) is 4.42 Å². The van der Waals surface area contributed by atoms with Crippen LogP contribution in [-0.2, 0) is 4.74 Å². The Kier molecular flexibility index (Phi) is 2.70. The lowest BCUT2D eigenvalue weighted by atomic mass is 10.2. The van der Waals surface area contributed by atoms with E-state index in [-0.39, 0.29) is 11.6 Å². The molecular formula is C9H13NO3. The Morgan fingerprint density at radius 1 is 1.54 bits per heavy atom. The van der Waals surface area contributed by atoms with E-state index in [4.69, 9.17) is 4.42 Å². The van der Waals surface area contributed by atoms with E-state index in [9.17, 15) is 4.79 Å². The highest BCUT2D eigenvalue weighted by Crippen LogP contribution is 2.17. The van der Waals surface area contributed by atoms with Crippen molar-refractivity contribution in [3.05, 3.63) is 17.3 Å². The normalized spacial score (nSPS) is 10.5. The number of aryl methyl sites for hydroxylation is 1. The van der Waals surface area contributed by atoms with E-state index in [1.165, 1.54) is 7.11 Å². The number of aromatic nitrogens is 1. The summed E-state index contributed by atoms with van der Waals surface area (Å²) in [4.78, 5) is 15.2. The highest BCUT2D eigenvalue weighted by Gasteiger charge is 2.18. The Labute approximate surface area is 76.9 Å². The molecule has 0 bridgehead atoms. The topological polar surface area (TPSA) is 52.3 Å². The summed E-state index contributed by atoms with van der Waals surface area (Å²) in [6.07, 6.45) is 0. The summed E-state index contributed by atoms with van der Waals surface area (Å²) in [5.74, 6) is 0.804. The Bertz CT molecular complexity index is 315. The van der Waals surface area contributed by atoms with Crippen molar-refractivity contribution in [3.63, 3.8) is 0 Å². The maximum atomic E-state index is 11.1. The van der Waals surface area contributed by atoms with Crippen molar-refractivity contribution in [1.82, 2.24) is 4.98 Å². The molecule has 0 saturated carbocycles. The fourth-order valence-corrected chi connectivity index (χ4v) is 0.950. The molecule has 0 saturated heterocycles. The Morgan fingerprint density at radius 3 is 2.54 bits per heavy atom. The van der Waals surface area contributed by atoms with Gasteiger partial charge in [-0.25, -0.2) is 9.78 Å². The number of hydrogen-bond donors (Lipinski definition) is 0. The van der Waals surface area contributed by atoms with Crippen LogP contribution in [0.25, 0.3) is 0 Å². The van der Waals surface area contributed by atoms with Crippen molar-refractivity contribution in [2.75, 3.05) is 7.11 Å². The zero-order chi connectivity index (χ0) is 10.0. The van der Waals surface area contributed by atoms with Gasteiger partial charge in [-0.2, -0.15) is 0 Å². The quantitative estimate of drug-likeness (QED) is 0.657. The smallest absolute Gasteiger partial charge is 0.360 e. The van der Waals surface area contributed by atoms with Gasteiger partial charge in [0.05, 0.1) is 7.11 Å². The minimum atomic E-state index is -0.451. The van der Waals surface area contributed by atoms with E-state index in [0.29, 0.717) is 11.7 Å². The highest BCUT2D eigenvalue weighted by molar-refractivity contribution is 5.88. The summed E-state index contributed by atoms with van der Waals surface area (Å²) in [6.45, 7) is 5.60. The standard InChI is InChI=1S/C9H13NO3/c1-5(2)8-10-7(6(3)13-8)9(11)12-4/h5H,1-4H3. The molecule has 0 aliphatic carbocycles. The molecule has 0 aromatic carbocycles. The summed E-state index contributed by atoms with van der Waals surface area (Å²) >= 11 is 0. The molecule has 13 heavy (non-hydrogen) atoms. The van der Waals surface area contributed by atoms with Gasteiger partial charge in [-0.1, -0.05) is 13.8 Å². The number of esters is 1. The first-order valence-electron chi connectivity index (χ1n) is 4.12. The van der Waals surface area contributed by atoms with Crippen LogP contribution in [-0.4, -0.2) is 18.1 Å². The van der Waals surface area contributed by atoms with Gasteiger partial charge in [0.25, 0.3) is 0 Å². The van der Waals surface area contributed by atoms with Gasteiger partial charge in [-0.3, -0.25) is 0 Å².